The molecule has 1 aromatic heterocycles. The first-order valence-corrected chi connectivity index (χ1v) is 5.82. The van der Waals surface area contributed by atoms with Gasteiger partial charge in [0.15, 0.2) is 0 Å². The fraction of sp³-hybridized carbons (Fsp3) is 0.231. The van der Waals surface area contributed by atoms with Gasteiger partial charge in [0.1, 0.15) is 23.8 Å². The Morgan fingerprint density at radius 2 is 1.94 bits per heavy atom. The maximum Gasteiger partial charge on any atom is 0.139 e. The molecule has 0 aliphatic carbocycles. The van der Waals surface area contributed by atoms with Crippen molar-refractivity contribution in [3.05, 3.63) is 42.0 Å². The van der Waals surface area contributed by atoms with E-state index in [4.69, 9.17) is 5.73 Å². The molecular weight excluding hydrogens is 231 g/mol. The smallest absolute Gasteiger partial charge is 0.139 e. The summed E-state index contributed by atoms with van der Waals surface area (Å²) in [5.74, 6) is 0.893. The van der Waals surface area contributed by atoms with Crippen molar-refractivity contribution in [3.63, 3.8) is 0 Å². The van der Waals surface area contributed by atoms with Gasteiger partial charge in [-0.1, -0.05) is 13.3 Å². The molecule has 2 aromatic rings. The van der Waals surface area contributed by atoms with Gasteiger partial charge in [-0.15, -0.1) is 0 Å². The largest absolute Gasteiger partial charge is 0.383 e. The van der Waals surface area contributed by atoms with E-state index in [2.05, 4.69) is 22.2 Å². The Bertz CT molecular complexity index is 525. The maximum absolute atomic E-state index is 12.8. The summed E-state index contributed by atoms with van der Waals surface area (Å²) in [5.41, 5.74) is 7.50. The van der Waals surface area contributed by atoms with Crippen LogP contribution in [0.15, 0.2) is 30.6 Å². The zero-order valence-corrected chi connectivity index (χ0v) is 10.2. The maximum atomic E-state index is 12.8. The van der Waals surface area contributed by atoms with Crippen molar-refractivity contribution in [2.45, 2.75) is 19.8 Å². The number of benzene rings is 1. The molecule has 0 aliphatic heterocycles. The number of nitrogen functional groups attached to an aromatic ring is 1. The van der Waals surface area contributed by atoms with Crippen LogP contribution in [0.4, 0.5) is 21.7 Å². The number of hydrogen-bond donors (Lipinski definition) is 2. The molecule has 1 heterocycles. The topological polar surface area (TPSA) is 63.8 Å². The van der Waals surface area contributed by atoms with Gasteiger partial charge in [-0.2, -0.15) is 0 Å². The molecule has 0 atom stereocenters. The summed E-state index contributed by atoms with van der Waals surface area (Å²) >= 11 is 0. The number of halogens is 1. The molecule has 0 radical (unpaired) electrons. The summed E-state index contributed by atoms with van der Waals surface area (Å²) in [5, 5.41) is 3.13. The van der Waals surface area contributed by atoms with Gasteiger partial charge in [-0.25, -0.2) is 14.4 Å². The second-order valence-corrected chi connectivity index (χ2v) is 3.97. The molecule has 18 heavy (non-hydrogen) atoms. The lowest BCUT2D eigenvalue weighted by molar-refractivity contribution is 0.628. The van der Waals surface area contributed by atoms with Crippen LogP contribution in [0.1, 0.15) is 18.9 Å². The van der Waals surface area contributed by atoms with Crippen molar-refractivity contribution < 1.29 is 4.39 Å². The van der Waals surface area contributed by atoms with Gasteiger partial charge >= 0.3 is 0 Å². The number of hydrogen-bond acceptors (Lipinski definition) is 4. The zero-order valence-electron chi connectivity index (χ0n) is 10.2. The highest BCUT2D eigenvalue weighted by atomic mass is 19.1. The first-order chi connectivity index (χ1) is 8.70. The number of nitrogens with one attached hydrogen (secondary N) is 1. The summed E-state index contributed by atoms with van der Waals surface area (Å²) in [7, 11) is 0. The lowest BCUT2D eigenvalue weighted by Crippen LogP contribution is -2.05. The minimum Gasteiger partial charge on any atom is -0.383 e. The lowest BCUT2D eigenvalue weighted by atomic mass is 10.1. The highest BCUT2D eigenvalue weighted by Gasteiger charge is 2.08. The van der Waals surface area contributed by atoms with Crippen LogP contribution in [0.2, 0.25) is 0 Å². The second-order valence-electron chi connectivity index (χ2n) is 3.97. The molecule has 94 valence electrons. The molecule has 3 N–H and O–H groups in total. The molecule has 0 aliphatic rings. The lowest BCUT2D eigenvalue weighted by Gasteiger charge is -2.11. The third-order valence-electron chi connectivity index (χ3n) is 2.59. The Labute approximate surface area is 105 Å². The molecule has 0 fully saturated rings. The number of anilines is 3. The van der Waals surface area contributed by atoms with Gasteiger partial charge in [0, 0.05) is 11.3 Å². The van der Waals surface area contributed by atoms with Crippen LogP contribution < -0.4 is 11.1 Å². The highest BCUT2D eigenvalue weighted by Crippen LogP contribution is 2.23. The summed E-state index contributed by atoms with van der Waals surface area (Å²) in [6.07, 6.45) is 3.17. The van der Waals surface area contributed by atoms with E-state index in [1.54, 1.807) is 12.1 Å². The summed E-state index contributed by atoms with van der Waals surface area (Å²) in [6, 6.07) is 6.10. The first-order valence-electron chi connectivity index (χ1n) is 5.82. The Morgan fingerprint density at radius 1 is 1.22 bits per heavy atom. The van der Waals surface area contributed by atoms with Crippen molar-refractivity contribution in [2.24, 2.45) is 0 Å². The molecule has 4 nitrogen and oxygen atoms in total. The van der Waals surface area contributed by atoms with E-state index in [0.717, 1.165) is 24.1 Å². The van der Waals surface area contributed by atoms with Gasteiger partial charge < -0.3 is 11.1 Å². The number of aromatic nitrogens is 2. The standard InChI is InChI=1S/C13H15FN4/c1-2-3-11-12(15)16-8-17-13(11)18-10-6-4-9(14)5-7-10/h4-8H,2-3H2,1H3,(H3,15,16,17,18). The zero-order chi connectivity index (χ0) is 13.0. The van der Waals surface area contributed by atoms with Gasteiger partial charge in [0.25, 0.3) is 0 Å². The van der Waals surface area contributed by atoms with E-state index in [1.165, 1.54) is 18.5 Å². The predicted octanol–water partition coefficient (Wildman–Crippen LogP) is 2.89. The van der Waals surface area contributed by atoms with Crippen LogP contribution in [-0.2, 0) is 6.42 Å². The van der Waals surface area contributed by atoms with Crippen LogP contribution in [-0.4, -0.2) is 9.97 Å². The summed E-state index contributed by atoms with van der Waals surface area (Å²) in [6.45, 7) is 2.06. The van der Waals surface area contributed by atoms with Gasteiger partial charge in [-0.3, -0.25) is 0 Å². The van der Waals surface area contributed by atoms with Crippen LogP contribution in [0.3, 0.4) is 0 Å². The molecule has 2 rings (SSSR count). The first kappa shape index (κ1) is 12.3. The summed E-state index contributed by atoms with van der Waals surface area (Å²) in [4.78, 5) is 8.16. The van der Waals surface area contributed by atoms with E-state index < -0.39 is 0 Å². The van der Waals surface area contributed by atoms with Crippen LogP contribution in [0.25, 0.3) is 0 Å². The molecule has 0 saturated heterocycles. The Morgan fingerprint density at radius 3 is 2.61 bits per heavy atom. The van der Waals surface area contributed by atoms with Crippen molar-refractivity contribution in [3.8, 4) is 0 Å². The van der Waals surface area contributed by atoms with E-state index in [1.807, 2.05) is 0 Å². The third-order valence-corrected chi connectivity index (χ3v) is 2.59. The number of nitrogens with zero attached hydrogens (tertiary/aromatic N) is 2. The van der Waals surface area contributed by atoms with Gasteiger partial charge in [-0.05, 0) is 30.7 Å². The van der Waals surface area contributed by atoms with Crippen molar-refractivity contribution in [1.82, 2.24) is 9.97 Å². The molecule has 5 heteroatoms. The molecule has 0 bridgehead atoms. The van der Waals surface area contributed by atoms with Gasteiger partial charge in [0.2, 0.25) is 0 Å². The predicted molar refractivity (Wildman–Crippen MR) is 70.1 cm³/mol. The normalized spacial score (nSPS) is 10.3. The van der Waals surface area contributed by atoms with Crippen LogP contribution in [0.5, 0.6) is 0 Å². The van der Waals surface area contributed by atoms with E-state index >= 15 is 0 Å². The Hall–Kier alpha value is -2.17. The Balaban J connectivity index is 2.28. The van der Waals surface area contributed by atoms with Crippen molar-refractivity contribution >= 4 is 17.3 Å². The molecule has 0 amide bonds. The fourth-order valence-electron chi connectivity index (χ4n) is 1.70. The quantitative estimate of drug-likeness (QED) is 0.870. The van der Waals surface area contributed by atoms with Crippen LogP contribution in [0, 0.1) is 5.82 Å². The number of nitrogens with two attached hydrogens (primary N) is 1. The monoisotopic (exact) mass is 246 g/mol. The third kappa shape index (κ3) is 2.74. The van der Waals surface area contributed by atoms with E-state index in [9.17, 15) is 4.39 Å². The van der Waals surface area contributed by atoms with Crippen LogP contribution >= 0.6 is 0 Å². The fourth-order valence-corrected chi connectivity index (χ4v) is 1.70. The van der Waals surface area contributed by atoms with Gasteiger partial charge in [0.05, 0.1) is 0 Å². The molecule has 0 saturated carbocycles. The summed E-state index contributed by atoms with van der Waals surface area (Å²) < 4.78 is 12.8. The second kappa shape index (κ2) is 5.44. The van der Waals surface area contributed by atoms with Crippen molar-refractivity contribution in [1.29, 1.82) is 0 Å². The average molecular weight is 246 g/mol. The van der Waals surface area contributed by atoms with E-state index in [-0.39, 0.29) is 5.82 Å². The molecular formula is C13H15FN4. The number of rotatable bonds is 4. The minimum absolute atomic E-state index is 0.267. The minimum atomic E-state index is -0.267. The highest BCUT2D eigenvalue weighted by molar-refractivity contribution is 5.63. The molecule has 1 aromatic carbocycles. The molecule has 0 unspecified atom stereocenters. The Kier molecular flexibility index (Phi) is 3.72. The average Bonchev–Trinajstić information content (AvgIpc) is 2.36. The van der Waals surface area contributed by atoms with E-state index in [0.29, 0.717) is 11.6 Å². The SMILES string of the molecule is CCCc1c(N)ncnc1Nc1ccc(F)cc1. The van der Waals surface area contributed by atoms with Crippen molar-refractivity contribution in [2.75, 3.05) is 11.1 Å². The molecule has 0 spiro atoms.